The van der Waals surface area contributed by atoms with Gasteiger partial charge in [-0.3, -0.25) is 0 Å². The summed E-state index contributed by atoms with van der Waals surface area (Å²) in [6.45, 7) is 10.1. The average molecular weight is 248 g/mol. The van der Waals surface area contributed by atoms with Gasteiger partial charge in [0.1, 0.15) is 0 Å². The molecule has 0 amide bonds. The second kappa shape index (κ2) is 11.8. The lowest BCUT2D eigenvalue weighted by molar-refractivity contribution is -0.0784. The molecule has 0 radical (unpaired) electrons. The average Bonchev–Trinajstić information content (AvgIpc) is 2.29. The zero-order valence-corrected chi connectivity index (χ0v) is 12.4. The third-order valence-electron chi connectivity index (χ3n) is 2.51. The summed E-state index contributed by atoms with van der Waals surface area (Å²) in [5, 5.41) is 0. The Morgan fingerprint density at radius 1 is 0.812 bits per heavy atom. The van der Waals surface area contributed by atoms with E-state index in [1.165, 1.54) is 38.0 Å². The fourth-order valence-corrected chi connectivity index (χ4v) is 4.40. The zero-order valence-electron chi connectivity index (χ0n) is 11.5. The predicted molar refractivity (Wildman–Crippen MR) is 73.5 cm³/mol. The number of unbranched alkanes of at least 4 members (excludes halogenated alkanes) is 2. The fraction of sp³-hybridized carbons (Fsp3) is 1.00. The highest BCUT2D eigenvalue weighted by atomic mass is 31.1. The van der Waals surface area contributed by atoms with Crippen LogP contribution in [0.4, 0.5) is 0 Å². The van der Waals surface area contributed by atoms with Gasteiger partial charge in [-0.25, -0.2) is 0 Å². The topological polar surface area (TPSA) is 18.5 Å². The van der Waals surface area contributed by atoms with Crippen LogP contribution in [0.25, 0.3) is 0 Å². The number of rotatable bonds is 11. The molecular weight excluding hydrogens is 219 g/mol. The summed E-state index contributed by atoms with van der Waals surface area (Å²) in [5.41, 5.74) is 0. The third kappa shape index (κ3) is 7.60. The van der Waals surface area contributed by atoms with Crippen molar-refractivity contribution in [2.24, 2.45) is 0 Å². The fourth-order valence-electron chi connectivity index (χ4n) is 1.59. The maximum Gasteiger partial charge on any atom is 0.175 e. The molecule has 0 spiro atoms. The van der Waals surface area contributed by atoms with Crippen molar-refractivity contribution in [3.8, 4) is 0 Å². The van der Waals surface area contributed by atoms with E-state index in [1.807, 2.05) is 0 Å². The molecule has 0 aromatic heterocycles. The number of hydrogen-bond acceptors (Lipinski definition) is 2. The molecule has 0 atom stereocenters. The summed E-state index contributed by atoms with van der Waals surface area (Å²) in [5.74, 6) is 0. The molecule has 0 bridgehead atoms. The van der Waals surface area contributed by atoms with Gasteiger partial charge >= 0.3 is 0 Å². The number of hydrogen-bond donors (Lipinski definition) is 0. The summed E-state index contributed by atoms with van der Waals surface area (Å²) in [7, 11) is -0.0921. The van der Waals surface area contributed by atoms with Crippen molar-refractivity contribution in [3.63, 3.8) is 0 Å². The van der Waals surface area contributed by atoms with Crippen LogP contribution in [0.5, 0.6) is 0 Å². The van der Waals surface area contributed by atoms with E-state index in [1.54, 1.807) is 0 Å². The first kappa shape index (κ1) is 16.4. The van der Waals surface area contributed by atoms with E-state index in [9.17, 15) is 0 Å². The molecule has 0 N–H and O–H groups in total. The van der Waals surface area contributed by atoms with Gasteiger partial charge in [0.05, 0.1) is 0 Å². The summed E-state index contributed by atoms with van der Waals surface area (Å²) >= 11 is 0. The molecule has 0 aliphatic rings. The molecule has 3 heteroatoms. The lowest BCUT2D eigenvalue weighted by Crippen LogP contribution is -2.18. The monoisotopic (exact) mass is 248 g/mol. The Kier molecular flexibility index (Phi) is 12.1. The van der Waals surface area contributed by atoms with Crippen LogP contribution in [-0.2, 0) is 9.47 Å². The van der Waals surface area contributed by atoms with Crippen LogP contribution < -0.4 is 0 Å². The highest BCUT2D eigenvalue weighted by Gasteiger charge is 2.20. The molecule has 0 saturated heterocycles. The van der Waals surface area contributed by atoms with E-state index >= 15 is 0 Å². The lowest BCUT2D eigenvalue weighted by atomic mass is 10.4. The first-order valence-corrected chi connectivity index (χ1v) is 8.55. The van der Waals surface area contributed by atoms with Gasteiger partial charge in [-0.15, -0.1) is 0 Å². The first-order chi connectivity index (χ1) is 7.79. The number of ether oxygens (including phenoxy) is 2. The Balaban J connectivity index is 4.15. The predicted octanol–water partition coefficient (Wildman–Crippen LogP) is 4.43. The van der Waals surface area contributed by atoms with Crippen molar-refractivity contribution in [1.82, 2.24) is 0 Å². The molecule has 16 heavy (non-hydrogen) atoms. The molecule has 98 valence electrons. The molecule has 0 aliphatic heterocycles. The van der Waals surface area contributed by atoms with Gasteiger partial charge in [0.15, 0.2) is 6.03 Å². The molecular formula is C13H29O2P. The van der Waals surface area contributed by atoms with Gasteiger partial charge in [-0.05, 0) is 46.9 Å². The Labute approximate surface area is 103 Å². The van der Waals surface area contributed by atoms with E-state index in [2.05, 4.69) is 27.7 Å². The first-order valence-electron chi connectivity index (χ1n) is 6.77. The molecule has 0 heterocycles. The third-order valence-corrected chi connectivity index (χ3v) is 5.19. The van der Waals surface area contributed by atoms with Crippen molar-refractivity contribution in [2.75, 3.05) is 25.5 Å². The van der Waals surface area contributed by atoms with Crippen LogP contribution in [0, 0.1) is 0 Å². The van der Waals surface area contributed by atoms with Crippen molar-refractivity contribution in [1.29, 1.82) is 0 Å². The summed E-state index contributed by atoms with van der Waals surface area (Å²) < 4.78 is 11.5. The van der Waals surface area contributed by atoms with Gasteiger partial charge in [0.25, 0.3) is 0 Å². The van der Waals surface area contributed by atoms with Crippen LogP contribution in [-0.4, -0.2) is 31.6 Å². The van der Waals surface area contributed by atoms with E-state index in [0.717, 1.165) is 13.2 Å². The molecule has 0 aromatic carbocycles. The van der Waals surface area contributed by atoms with Crippen molar-refractivity contribution < 1.29 is 9.47 Å². The normalized spacial score (nSPS) is 11.6. The highest BCUT2D eigenvalue weighted by molar-refractivity contribution is 7.58. The van der Waals surface area contributed by atoms with Crippen LogP contribution in [0.1, 0.15) is 53.4 Å². The lowest BCUT2D eigenvalue weighted by Gasteiger charge is -2.27. The molecule has 0 rings (SSSR count). The van der Waals surface area contributed by atoms with Crippen molar-refractivity contribution in [2.45, 2.75) is 59.4 Å². The van der Waals surface area contributed by atoms with Crippen LogP contribution in [0.2, 0.25) is 0 Å². The summed E-state index contributed by atoms with van der Waals surface area (Å²) in [6.07, 6.45) is 7.77. The van der Waals surface area contributed by atoms with E-state index in [4.69, 9.17) is 9.47 Å². The molecule has 0 aliphatic carbocycles. The maximum atomic E-state index is 5.75. The van der Waals surface area contributed by atoms with Gasteiger partial charge in [0.2, 0.25) is 0 Å². The summed E-state index contributed by atoms with van der Waals surface area (Å²) in [6, 6.07) is 0.0862. The minimum Gasteiger partial charge on any atom is -0.349 e. The van der Waals surface area contributed by atoms with Gasteiger partial charge in [-0.2, -0.15) is 0 Å². The second-order valence-electron chi connectivity index (χ2n) is 3.96. The Bertz CT molecular complexity index is 128. The summed E-state index contributed by atoms with van der Waals surface area (Å²) in [4.78, 5) is 0. The Hall–Kier alpha value is 0.350. The Morgan fingerprint density at radius 2 is 1.25 bits per heavy atom. The molecule has 0 aromatic rings. The van der Waals surface area contributed by atoms with Gasteiger partial charge < -0.3 is 9.47 Å². The van der Waals surface area contributed by atoms with Crippen LogP contribution >= 0.6 is 7.92 Å². The molecule has 0 unspecified atom stereocenters. The second-order valence-corrected chi connectivity index (χ2v) is 6.45. The van der Waals surface area contributed by atoms with Gasteiger partial charge in [0, 0.05) is 13.2 Å². The zero-order chi connectivity index (χ0) is 12.2. The standard InChI is InChI=1S/C13H29O2P/c1-5-9-11-16(12-10-6-2)13(14-7-3)15-8-4/h13H,5-12H2,1-4H3. The molecule has 2 nitrogen and oxygen atoms in total. The molecule has 0 saturated carbocycles. The minimum atomic E-state index is -0.0921. The highest BCUT2D eigenvalue weighted by Crippen LogP contribution is 2.44. The van der Waals surface area contributed by atoms with Crippen LogP contribution in [0.15, 0.2) is 0 Å². The van der Waals surface area contributed by atoms with Crippen molar-refractivity contribution >= 4 is 7.92 Å². The maximum absolute atomic E-state index is 5.75. The largest absolute Gasteiger partial charge is 0.349 e. The minimum absolute atomic E-state index is 0.0862. The quantitative estimate of drug-likeness (QED) is 0.398. The molecule has 0 fully saturated rings. The Morgan fingerprint density at radius 3 is 1.56 bits per heavy atom. The van der Waals surface area contributed by atoms with Crippen LogP contribution in [0.3, 0.4) is 0 Å². The van der Waals surface area contributed by atoms with Crippen molar-refractivity contribution in [3.05, 3.63) is 0 Å². The van der Waals surface area contributed by atoms with E-state index in [-0.39, 0.29) is 14.0 Å². The van der Waals surface area contributed by atoms with Gasteiger partial charge in [-0.1, -0.05) is 26.7 Å². The van der Waals surface area contributed by atoms with E-state index < -0.39 is 0 Å². The van der Waals surface area contributed by atoms with E-state index in [0.29, 0.717) is 0 Å². The SMILES string of the molecule is CCCCP(CCCC)C(OCC)OCC. The smallest absolute Gasteiger partial charge is 0.175 e.